The molecular formula is C27H26N4O2. The Morgan fingerprint density at radius 2 is 1.76 bits per heavy atom. The van der Waals surface area contributed by atoms with Crippen molar-refractivity contribution in [3.8, 4) is 17.0 Å². The van der Waals surface area contributed by atoms with Crippen molar-refractivity contribution in [2.45, 2.75) is 13.0 Å². The number of carbonyl (C=O) groups excluding carboxylic acids is 1. The van der Waals surface area contributed by atoms with Crippen molar-refractivity contribution < 1.29 is 9.53 Å². The van der Waals surface area contributed by atoms with E-state index in [-0.39, 0.29) is 5.91 Å². The van der Waals surface area contributed by atoms with Crippen molar-refractivity contribution in [3.05, 3.63) is 108 Å². The molecule has 6 nitrogen and oxygen atoms in total. The molecule has 0 saturated carbocycles. The molecule has 0 bridgehead atoms. The van der Waals surface area contributed by atoms with Crippen LogP contribution < -0.4 is 15.4 Å². The van der Waals surface area contributed by atoms with Crippen LogP contribution in [0.1, 0.15) is 21.5 Å². The molecule has 0 fully saturated rings. The Bertz CT molecular complexity index is 1200. The van der Waals surface area contributed by atoms with Gasteiger partial charge in [0.15, 0.2) is 0 Å². The number of rotatable bonds is 9. The van der Waals surface area contributed by atoms with Gasteiger partial charge in [0.1, 0.15) is 11.6 Å². The highest BCUT2D eigenvalue weighted by Gasteiger charge is 2.15. The summed E-state index contributed by atoms with van der Waals surface area (Å²) in [7, 11) is 1.67. The first-order valence-corrected chi connectivity index (χ1v) is 10.8. The van der Waals surface area contributed by atoms with Gasteiger partial charge in [0.2, 0.25) is 0 Å². The van der Waals surface area contributed by atoms with Crippen LogP contribution in [0.2, 0.25) is 0 Å². The molecule has 0 aliphatic heterocycles. The van der Waals surface area contributed by atoms with Crippen molar-refractivity contribution in [2.24, 2.45) is 0 Å². The summed E-state index contributed by atoms with van der Waals surface area (Å²) in [6, 6.07) is 25.3. The molecule has 0 atom stereocenters. The lowest BCUT2D eigenvalue weighted by Crippen LogP contribution is -2.25. The molecule has 6 heteroatoms. The molecule has 2 heterocycles. The lowest BCUT2D eigenvalue weighted by atomic mass is 10.1. The highest BCUT2D eigenvalue weighted by molar-refractivity contribution is 5.99. The first-order valence-electron chi connectivity index (χ1n) is 10.8. The number of nitrogens with zero attached hydrogens (tertiary/aromatic N) is 2. The van der Waals surface area contributed by atoms with E-state index in [9.17, 15) is 4.79 Å². The number of ether oxygens (including phenoxy) is 1. The average Bonchev–Trinajstić information content (AvgIpc) is 2.88. The number of amides is 1. The molecule has 166 valence electrons. The Hall–Kier alpha value is -4.19. The summed E-state index contributed by atoms with van der Waals surface area (Å²) in [5.74, 6) is 1.21. The van der Waals surface area contributed by atoms with Crippen molar-refractivity contribution in [1.29, 1.82) is 0 Å². The van der Waals surface area contributed by atoms with Gasteiger partial charge in [-0.2, -0.15) is 0 Å². The lowest BCUT2D eigenvalue weighted by Gasteiger charge is -2.14. The zero-order valence-electron chi connectivity index (χ0n) is 18.5. The van der Waals surface area contributed by atoms with Gasteiger partial charge in [0.25, 0.3) is 5.91 Å². The van der Waals surface area contributed by atoms with Crippen molar-refractivity contribution in [2.75, 3.05) is 19.0 Å². The van der Waals surface area contributed by atoms with Gasteiger partial charge >= 0.3 is 0 Å². The summed E-state index contributed by atoms with van der Waals surface area (Å²) in [6.45, 7) is 1.00. The summed E-state index contributed by atoms with van der Waals surface area (Å²) in [5.41, 5.74) is 4.32. The number of hydrogen-bond donors (Lipinski definition) is 2. The molecule has 2 aromatic heterocycles. The summed E-state index contributed by atoms with van der Waals surface area (Å²) < 4.78 is 5.45. The Labute approximate surface area is 193 Å². The van der Waals surface area contributed by atoms with E-state index in [0.717, 1.165) is 34.6 Å². The fraction of sp³-hybridized carbons (Fsp3) is 0.148. The molecule has 4 aromatic rings. The second kappa shape index (κ2) is 10.9. The zero-order valence-corrected chi connectivity index (χ0v) is 18.5. The quantitative estimate of drug-likeness (QED) is 0.395. The van der Waals surface area contributed by atoms with Gasteiger partial charge in [-0.25, -0.2) is 4.98 Å². The fourth-order valence-corrected chi connectivity index (χ4v) is 3.55. The summed E-state index contributed by atoms with van der Waals surface area (Å²) in [6.07, 6.45) is 4.18. The average molecular weight is 439 g/mol. The SMILES string of the molecule is COc1ccccc1CCNc1nc(-c2ccccc2)ccc1C(=O)NCc1cccnc1. The number of pyridine rings is 2. The molecule has 0 saturated heterocycles. The van der Waals surface area contributed by atoms with Crippen molar-refractivity contribution in [3.63, 3.8) is 0 Å². The van der Waals surface area contributed by atoms with E-state index in [1.165, 1.54) is 0 Å². The first kappa shape index (κ1) is 22.0. The maximum atomic E-state index is 13.0. The van der Waals surface area contributed by atoms with Gasteiger partial charge in [-0.05, 0) is 41.8 Å². The van der Waals surface area contributed by atoms with E-state index in [0.29, 0.717) is 24.5 Å². The first-order chi connectivity index (χ1) is 16.2. The summed E-state index contributed by atoms with van der Waals surface area (Å²) >= 11 is 0. The van der Waals surface area contributed by atoms with E-state index in [4.69, 9.17) is 9.72 Å². The number of carbonyl (C=O) groups is 1. The van der Waals surface area contributed by atoms with Crippen LogP contribution in [-0.2, 0) is 13.0 Å². The molecule has 2 N–H and O–H groups in total. The van der Waals surface area contributed by atoms with Crippen LogP contribution >= 0.6 is 0 Å². The van der Waals surface area contributed by atoms with Gasteiger partial charge in [-0.3, -0.25) is 9.78 Å². The molecule has 0 radical (unpaired) electrons. The van der Waals surface area contributed by atoms with E-state index in [1.807, 2.05) is 78.9 Å². The smallest absolute Gasteiger partial charge is 0.255 e. The Morgan fingerprint density at radius 1 is 0.939 bits per heavy atom. The van der Waals surface area contributed by atoms with Crippen LogP contribution in [0.3, 0.4) is 0 Å². The predicted octanol–water partition coefficient (Wildman–Crippen LogP) is 4.74. The number of methoxy groups -OCH3 is 1. The van der Waals surface area contributed by atoms with Gasteiger partial charge in [0, 0.05) is 31.0 Å². The normalized spacial score (nSPS) is 10.5. The number of nitrogens with one attached hydrogen (secondary N) is 2. The Kier molecular flexibility index (Phi) is 7.28. The zero-order chi connectivity index (χ0) is 22.9. The van der Waals surface area contributed by atoms with E-state index in [2.05, 4.69) is 15.6 Å². The second-order valence-electron chi connectivity index (χ2n) is 7.49. The maximum Gasteiger partial charge on any atom is 0.255 e. The van der Waals surface area contributed by atoms with Crippen LogP contribution in [0.4, 0.5) is 5.82 Å². The van der Waals surface area contributed by atoms with Crippen LogP contribution in [0, 0.1) is 0 Å². The molecule has 0 aliphatic rings. The number of benzene rings is 2. The number of hydrogen-bond acceptors (Lipinski definition) is 5. The molecular weight excluding hydrogens is 412 g/mol. The summed E-state index contributed by atoms with van der Waals surface area (Å²) in [4.78, 5) is 21.9. The van der Waals surface area contributed by atoms with Crippen LogP contribution in [-0.4, -0.2) is 29.5 Å². The van der Waals surface area contributed by atoms with E-state index < -0.39 is 0 Å². The van der Waals surface area contributed by atoms with Gasteiger partial charge in [0.05, 0.1) is 18.4 Å². The van der Waals surface area contributed by atoms with Crippen molar-refractivity contribution in [1.82, 2.24) is 15.3 Å². The standard InChI is InChI=1S/C27H26N4O2/c1-33-25-12-6-5-11-22(25)15-17-29-26-23(27(32)30-19-20-8-7-16-28-18-20)13-14-24(31-26)21-9-3-2-4-10-21/h2-14,16,18H,15,17,19H2,1H3,(H,29,31)(H,30,32). The number of aromatic nitrogens is 2. The van der Waals surface area contributed by atoms with Crippen LogP contribution in [0.15, 0.2) is 91.3 Å². The Balaban J connectivity index is 1.54. The predicted molar refractivity (Wildman–Crippen MR) is 130 cm³/mol. The lowest BCUT2D eigenvalue weighted by molar-refractivity contribution is 0.0951. The molecule has 0 unspecified atom stereocenters. The Morgan fingerprint density at radius 3 is 2.55 bits per heavy atom. The topological polar surface area (TPSA) is 76.1 Å². The fourth-order valence-electron chi connectivity index (χ4n) is 3.55. The highest BCUT2D eigenvalue weighted by Crippen LogP contribution is 2.23. The molecule has 4 rings (SSSR count). The van der Waals surface area contributed by atoms with Gasteiger partial charge in [-0.15, -0.1) is 0 Å². The van der Waals surface area contributed by atoms with Crippen LogP contribution in [0.5, 0.6) is 5.75 Å². The highest BCUT2D eigenvalue weighted by atomic mass is 16.5. The molecule has 1 amide bonds. The molecule has 33 heavy (non-hydrogen) atoms. The summed E-state index contributed by atoms with van der Waals surface area (Å²) in [5, 5.41) is 6.32. The third-order valence-electron chi connectivity index (χ3n) is 5.26. The largest absolute Gasteiger partial charge is 0.496 e. The third kappa shape index (κ3) is 5.74. The van der Waals surface area contributed by atoms with Gasteiger partial charge < -0.3 is 15.4 Å². The minimum atomic E-state index is -0.189. The van der Waals surface area contributed by atoms with Crippen LogP contribution in [0.25, 0.3) is 11.3 Å². The monoisotopic (exact) mass is 438 g/mol. The van der Waals surface area contributed by atoms with E-state index in [1.54, 1.807) is 19.5 Å². The minimum absolute atomic E-state index is 0.189. The van der Waals surface area contributed by atoms with E-state index >= 15 is 0 Å². The number of anilines is 1. The number of para-hydroxylation sites is 1. The minimum Gasteiger partial charge on any atom is -0.496 e. The van der Waals surface area contributed by atoms with Gasteiger partial charge in [-0.1, -0.05) is 54.6 Å². The van der Waals surface area contributed by atoms with Crippen molar-refractivity contribution >= 4 is 11.7 Å². The molecule has 2 aromatic carbocycles. The second-order valence-corrected chi connectivity index (χ2v) is 7.49. The molecule has 0 spiro atoms. The third-order valence-corrected chi connectivity index (χ3v) is 5.26. The maximum absolute atomic E-state index is 13.0. The molecule has 0 aliphatic carbocycles.